The minimum atomic E-state index is -0.600. The molecule has 1 aliphatic heterocycles. The van der Waals surface area contributed by atoms with Crippen molar-refractivity contribution in [3.05, 3.63) is 47.0 Å². The van der Waals surface area contributed by atoms with Crippen molar-refractivity contribution >= 4 is 34.1 Å². The molecule has 4 rings (SSSR count). The number of azo groups is 1. The van der Waals surface area contributed by atoms with E-state index in [-0.39, 0.29) is 22.2 Å². The highest BCUT2D eigenvalue weighted by atomic mass is 35.5. The number of halogens is 1. The lowest BCUT2D eigenvalue weighted by atomic mass is 10.2. The number of aromatic nitrogens is 1. The number of aromatic hydroxyl groups is 1. The predicted octanol–water partition coefficient (Wildman–Crippen LogP) is 4.22. The second kappa shape index (κ2) is 6.10. The monoisotopic (exact) mass is 357 g/mol. The zero-order valence-electron chi connectivity index (χ0n) is 12.8. The van der Waals surface area contributed by atoms with Gasteiger partial charge < -0.3 is 19.6 Å². The van der Waals surface area contributed by atoms with Crippen LogP contribution in [0, 0.1) is 0 Å². The van der Waals surface area contributed by atoms with Crippen molar-refractivity contribution < 1.29 is 19.4 Å². The first-order valence-electron chi connectivity index (χ1n) is 7.48. The fourth-order valence-corrected chi connectivity index (χ4v) is 2.80. The molecule has 0 saturated heterocycles. The number of benzene rings is 2. The van der Waals surface area contributed by atoms with E-state index in [0.717, 1.165) is 0 Å². The number of carbonyl (C=O) groups excluding carboxylic acids is 1. The molecule has 0 fully saturated rings. The summed E-state index contributed by atoms with van der Waals surface area (Å²) >= 11 is 5.98. The average Bonchev–Trinajstić information content (AvgIpc) is 2.92. The summed E-state index contributed by atoms with van der Waals surface area (Å²) in [6, 6.07) is 9.94. The highest BCUT2D eigenvalue weighted by Crippen LogP contribution is 2.42. The van der Waals surface area contributed by atoms with Gasteiger partial charge in [-0.05, 0) is 18.2 Å². The zero-order valence-corrected chi connectivity index (χ0v) is 13.6. The molecule has 0 unspecified atom stereocenters. The van der Waals surface area contributed by atoms with Gasteiger partial charge in [-0.15, -0.1) is 10.2 Å². The van der Waals surface area contributed by atoms with Gasteiger partial charge in [0.15, 0.2) is 17.2 Å². The lowest BCUT2D eigenvalue weighted by molar-refractivity contribution is 0.0995. The molecular formula is C17H12ClN3O4. The van der Waals surface area contributed by atoms with E-state index in [0.29, 0.717) is 35.6 Å². The standard InChI is InChI=1S/C17H12ClN3O4/c18-11-4-2-1-3-9(11)16(22)21-20-15-10-7-13-14(25-6-5-24-13)8-12(10)19-17(15)23/h1-4,7-8,19,23H,5-6H2. The van der Waals surface area contributed by atoms with E-state index in [4.69, 9.17) is 21.1 Å². The Morgan fingerprint density at radius 3 is 2.64 bits per heavy atom. The zero-order chi connectivity index (χ0) is 17.4. The van der Waals surface area contributed by atoms with Crippen LogP contribution in [-0.4, -0.2) is 29.2 Å². The highest BCUT2D eigenvalue weighted by molar-refractivity contribution is 6.33. The molecule has 8 heteroatoms. The Kier molecular flexibility index (Phi) is 3.77. The molecule has 0 spiro atoms. The van der Waals surface area contributed by atoms with Crippen LogP contribution in [0.4, 0.5) is 5.69 Å². The van der Waals surface area contributed by atoms with Crippen molar-refractivity contribution in [2.75, 3.05) is 13.2 Å². The number of nitrogens with zero attached hydrogens (tertiary/aromatic N) is 2. The summed E-state index contributed by atoms with van der Waals surface area (Å²) in [6.07, 6.45) is 0. The second-order valence-corrected chi connectivity index (χ2v) is 5.76. The smallest absolute Gasteiger partial charge is 0.296 e. The number of fused-ring (bicyclic) bond motifs is 2. The van der Waals surface area contributed by atoms with Crippen molar-refractivity contribution in [1.82, 2.24) is 4.98 Å². The van der Waals surface area contributed by atoms with E-state index in [1.807, 2.05) is 0 Å². The Labute approximate surface area is 146 Å². The lowest BCUT2D eigenvalue weighted by Crippen LogP contribution is -2.15. The molecule has 1 aliphatic rings. The minimum Gasteiger partial charge on any atom is -0.493 e. The molecule has 0 bridgehead atoms. The quantitative estimate of drug-likeness (QED) is 0.671. The summed E-state index contributed by atoms with van der Waals surface area (Å²) in [5.41, 5.74) is 0.981. The topological polar surface area (TPSA) is 96.3 Å². The average molecular weight is 358 g/mol. The van der Waals surface area contributed by atoms with Crippen molar-refractivity contribution in [2.45, 2.75) is 0 Å². The van der Waals surface area contributed by atoms with E-state index in [2.05, 4.69) is 15.2 Å². The van der Waals surface area contributed by atoms with Crippen LogP contribution in [0.2, 0.25) is 5.02 Å². The number of nitrogens with one attached hydrogen (secondary N) is 1. The van der Waals surface area contributed by atoms with E-state index in [1.165, 1.54) is 0 Å². The molecule has 1 amide bonds. The molecule has 2 aromatic carbocycles. The maximum atomic E-state index is 12.2. The molecule has 1 aromatic heterocycles. The number of H-pyrrole nitrogens is 1. The summed E-state index contributed by atoms with van der Waals surface area (Å²) in [4.78, 5) is 14.9. The Bertz CT molecular complexity index is 1010. The van der Waals surface area contributed by atoms with Gasteiger partial charge in [-0.1, -0.05) is 23.7 Å². The summed E-state index contributed by atoms with van der Waals surface area (Å²) in [5, 5.41) is 18.5. The van der Waals surface area contributed by atoms with Crippen molar-refractivity contribution in [3.8, 4) is 17.4 Å². The molecule has 0 saturated carbocycles. The Morgan fingerprint density at radius 2 is 1.88 bits per heavy atom. The molecule has 3 aromatic rings. The third-order valence-corrected chi connectivity index (χ3v) is 4.09. The maximum absolute atomic E-state index is 12.2. The van der Waals surface area contributed by atoms with Gasteiger partial charge in [0.1, 0.15) is 13.2 Å². The van der Waals surface area contributed by atoms with Gasteiger partial charge in [0.2, 0.25) is 5.88 Å². The number of carbonyl (C=O) groups is 1. The third kappa shape index (κ3) is 2.78. The number of hydrogen-bond donors (Lipinski definition) is 2. The molecule has 126 valence electrons. The first kappa shape index (κ1) is 15.5. The number of rotatable bonds is 2. The number of aromatic amines is 1. The first-order chi connectivity index (χ1) is 12.1. The molecule has 7 nitrogen and oxygen atoms in total. The number of amides is 1. The first-order valence-corrected chi connectivity index (χ1v) is 7.86. The molecule has 2 heterocycles. The van der Waals surface area contributed by atoms with E-state index >= 15 is 0 Å². The maximum Gasteiger partial charge on any atom is 0.296 e. The fourth-order valence-electron chi connectivity index (χ4n) is 2.59. The van der Waals surface area contributed by atoms with Gasteiger partial charge in [-0.25, -0.2) is 0 Å². The van der Waals surface area contributed by atoms with Gasteiger partial charge in [0.25, 0.3) is 5.91 Å². The van der Waals surface area contributed by atoms with Crippen LogP contribution >= 0.6 is 11.6 Å². The van der Waals surface area contributed by atoms with Crippen LogP contribution in [0.25, 0.3) is 10.9 Å². The third-order valence-electron chi connectivity index (χ3n) is 3.76. The van der Waals surface area contributed by atoms with Crippen LogP contribution in [0.3, 0.4) is 0 Å². The van der Waals surface area contributed by atoms with E-state index in [1.54, 1.807) is 36.4 Å². The number of ether oxygens (including phenoxy) is 2. The summed E-state index contributed by atoms with van der Waals surface area (Å²) in [7, 11) is 0. The van der Waals surface area contributed by atoms with Gasteiger partial charge in [0, 0.05) is 11.5 Å². The Morgan fingerprint density at radius 1 is 1.16 bits per heavy atom. The highest BCUT2D eigenvalue weighted by Gasteiger charge is 2.18. The normalized spacial score (nSPS) is 13.5. The fraction of sp³-hybridized carbons (Fsp3) is 0.118. The minimum absolute atomic E-state index is 0.146. The Hall–Kier alpha value is -3.06. The van der Waals surface area contributed by atoms with Crippen LogP contribution in [-0.2, 0) is 0 Å². The molecular weight excluding hydrogens is 346 g/mol. The molecule has 0 aliphatic carbocycles. The van der Waals surface area contributed by atoms with Crippen molar-refractivity contribution in [3.63, 3.8) is 0 Å². The molecule has 2 N–H and O–H groups in total. The largest absolute Gasteiger partial charge is 0.493 e. The summed E-state index contributed by atoms with van der Waals surface area (Å²) < 4.78 is 11.0. The molecule has 0 radical (unpaired) electrons. The second-order valence-electron chi connectivity index (χ2n) is 5.35. The van der Waals surface area contributed by atoms with E-state index < -0.39 is 5.91 Å². The van der Waals surface area contributed by atoms with Crippen molar-refractivity contribution in [1.29, 1.82) is 0 Å². The van der Waals surface area contributed by atoms with Crippen LogP contribution < -0.4 is 9.47 Å². The van der Waals surface area contributed by atoms with Gasteiger partial charge in [0.05, 0.1) is 16.1 Å². The SMILES string of the molecule is O=C(N=Nc1c(O)[nH]c2cc3c(cc12)OCCO3)c1ccccc1Cl. The van der Waals surface area contributed by atoms with Gasteiger partial charge in [-0.3, -0.25) is 4.79 Å². The Balaban J connectivity index is 1.73. The summed E-state index contributed by atoms with van der Waals surface area (Å²) in [5.74, 6) is 0.326. The van der Waals surface area contributed by atoms with Crippen LogP contribution in [0.15, 0.2) is 46.6 Å². The predicted molar refractivity (Wildman–Crippen MR) is 91.3 cm³/mol. The molecule has 0 atom stereocenters. The molecule has 25 heavy (non-hydrogen) atoms. The van der Waals surface area contributed by atoms with Crippen LogP contribution in [0.1, 0.15) is 10.4 Å². The van der Waals surface area contributed by atoms with Gasteiger partial charge >= 0.3 is 0 Å². The van der Waals surface area contributed by atoms with E-state index in [9.17, 15) is 9.90 Å². The number of hydrogen-bond acceptors (Lipinski definition) is 5. The summed E-state index contributed by atoms with van der Waals surface area (Å²) in [6.45, 7) is 0.904. The van der Waals surface area contributed by atoms with Gasteiger partial charge in [-0.2, -0.15) is 0 Å². The lowest BCUT2D eigenvalue weighted by Gasteiger charge is -2.17. The van der Waals surface area contributed by atoms with Crippen molar-refractivity contribution in [2.24, 2.45) is 10.2 Å². The van der Waals surface area contributed by atoms with Crippen LogP contribution in [0.5, 0.6) is 17.4 Å².